The summed E-state index contributed by atoms with van der Waals surface area (Å²) in [4.78, 5) is 9.84. The second-order valence-corrected chi connectivity index (χ2v) is 7.38. The van der Waals surface area contributed by atoms with Gasteiger partial charge in [-0.25, -0.2) is 8.42 Å². The topological polar surface area (TPSA) is 101 Å². The van der Waals surface area contributed by atoms with E-state index < -0.39 is 21.1 Å². The molecule has 0 amide bonds. The van der Waals surface area contributed by atoms with Gasteiger partial charge in [-0.2, -0.15) is 4.31 Å². The molecule has 1 aliphatic rings. The van der Waals surface area contributed by atoms with E-state index in [0.29, 0.717) is 6.42 Å². The van der Waals surface area contributed by atoms with Gasteiger partial charge in [-0.3, -0.25) is 10.1 Å². The van der Waals surface area contributed by atoms with Gasteiger partial charge >= 0.3 is 0 Å². The summed E-state index contributed by atoms with van der Waals surface area (Å²) in [5.41, 5.74) is -0.330. The largest absolute Gasteiger partial charge is 0.393 e. The van der Waals surface area contributed by atoms with Gasteiger partial charge in [0.25, 0.3) is 5.69 Å². The van der Waals surface area contributed by atoms with Crippen molar-refractivity contribution in [3.63, 3.8) is 0 Å². The molecule has 0 bridgehead atoms. The van der Waals surface area contributed by atoms with Gasteiger partial charge in [0, 0.05) is 25.2 Å². The predicted molar refractivity (Wildman–Crippen MR) is 76.7 cm³/mol. The van der Waals surface area contributed by atoms with Crippen LogP contribution in [0.15, 0.2) is 23.1 Å². The van der Waals surface area contributed by atoms with Crippen LogP contribution in [0.2, 0.25) is 5.02 Å². The maximum Gasteiger partial charge on any atom is 0.270 e. The second kappa shape index (κ2) is 5.88. The van der Waals surface area contributed by atoms with Gasteiger partial charge in [-0.1, -0.05) is 18.5 Å². The molecular formula is C12H15ClN2O5S. The van der Waals surface area contributed by atoms with E-state index in [0.717, 1.165) is 12.1 Å². The Kier molecular flexibility index (Phi) is 4.52. The zero-order valence-corrected chi connectivity index (χ0v) is 12.8. The first kappa shape index (κ1) is 16.2. The van der Waals surface area contributed by atoms with Gasteiger partial charge in [0.05, 0.1) is 16.0 Å². The van der Waals surface area contributed by atoms with Crippen LogP contribution in [0.1, 0.15) is 13.3 Å². The molecule has 21 heavy (non-hydrogen) atoms. The molecule has 2 unspecified atom stereocenters. The number of halogens is 1. The molecule has 1 saturated heterocycles. The van der Waals surface area contributed by atoms with Crippen LogP contribution in [0, 0.1) is 16.0 Å². The number of piperidine rings is 1. The molecule has 0 spiro atoms. The van der Waals surface area contributed by atoms with Gasteiger partial charge in [0.1, 0.15) is 4.90 Å². The lowest BCUT2D eigenvalue weighted by atomic mass is 9.99. The minimum absolute atomic E-state index is 0.0561. The lowest BCUT2D eigenvalue weighted by Gasteiger charge is -2.33. The number of hydrogen-bond donors (Lipinski definition) is 1. The average molecular weight is 335 g/mol. The van der Waals surface area contributed by atoms with E-state index in [9.17, 15) is 23.6 Å². The van der Waals surface area contributed by atoms with Crippen LogP contribution < -0.4 is 0 Å². The Balaban J connectivity index is 2.40. The molecule has 0 aromatic heterocycles. The van der Waals surface area contributed by atoms with E-state index in [4.69, 9.17) is 11.6 Å². The van der Waals surface area contributed by atoms with Crippen molar-refractivity contribution in [2.24, 2.45) is 5.92 Å². The maximum absolute atomic E-state index is 12.6. The Bertz CT molecular complexity index is 664. The number of nitro benzene ring substituents is 1. The van der Waals surface area contributed by atoms with E-state index >= 15 is 0 Å². The zero-order chi connectivity index (χ0) is 15.8. The number of non-ortho nitro benzene ring substituents is 1. The Morgan fingerprint density at radius 1 is 1.48 bits per heavy atom. The molecule has 9 heteroatoms. The fourth-order valence-electron chi connectivity index (χ4n) is 2.26. The van der Waals surface area contributed by atoms with E-state index in [1.165, 1.54) is 10.4 Å². The fraction of sp³-hybridized carbons (Fsp3) is 0.500. The quantitative estimate of drug-likeness (QED) is 0.669. The third-order valence-electron chi connectivity index (χ3n) is 3.57. The van der Waals surface area contributed by atoms with Gasteiger partial charge in [-0.15, -0.1) is 0 Å². The van der Waals surface area contributed by atoms with Crippen LogP contribution in [-0.2, 0) is 10.0 Å². The molecule has 1 heterocycles. The first-order chi connectivity index (χ1) is 9.73. The second-order valence-electron chi connectivity index (χ2n) is 5.07. The van der Waals surface area contributed by atoms with Crippen molar-refractivity contribution in [3.8, 4) is 0 Å². The van der Waals surface area contributed by atoms with Crippen molar-refractivity contribution in [1.82, 2.24) is 4.31 Å². The van der Waals surface area contributed by atoms with Crippen molar-refractivity contribution >= 4 is 27.3 Å². The van der Waals surface area contributed by atoms with Crippen LogP contribution in [0.4, 0.5) is 5.69 Å². The SMILES string of the molecule is CC1CN(S(=O)(=O)c2cc([N+](=O)[O-])ccc2Cl)CCC1O. The normalized spacial score (nSPS) is 24.0. The molecule has 2 rings (SSSR count). The van der Waals surface area contributed by atoms with Crippen LogP contribution in [0.3, 0.4) is 0 Å². The monoisotopic (exact) mass is 334 g/mol. The molecule has 0 saturated carbocycles. The number of nitro groups is 1. The number of rotatable bonds is 3. The van der Waals surface area contributed by atoms with Crippen molar-refractivity contribution in [3.05, 3.63) is 33.3 Å². The third-order valence-corrected chi connectivity index (χ3v) is 5.91. The van der Waals surface area contributed by atoms with Crippen molar-refractivity contribution < 1.29 is 18.4 Å². The summed E-state index contributed by atoms with van der Waals surface area (Å²) < 4.78 is 26.3. The number of aliphatic hydroxyl groups excluding tert-OH is 1. The minimum atomic E-state index is -3.92. The van der Waals surface area contributed by atoms with Gasteiger partial charge in [0.15, 0.2) is 0 Å². The summed E-state index contributed by atoms with van der Waals surface area (Å²) in [6.07, 6.45) is -0.218. The molecule has 2 atom stereocenters. The zero-order valence-electron chi connectivity index (χ0n) is 11.3. The molecule has 0 radical (unpaired) electrons. The Morgan fingerprint density at radius 2 is 2.14 bits per heavy atom. The molecule has 1 aromatic rings. The molecule has 1 fully saturated rings. The summed E-state index contributed by atoms with van der Waals surface area (Å²) >= 11 is 5.89. The highest BCUT2D eigenvalue weighted by Gasteiger charge is 2.34. The van der Waals surface area contributed by atoms with Crippen LogP contribution in [-0.4, -0.2) is 41.9 Å². The first-order valence-corrected chi connectivity index (χ1v) is 8.17. The third kappa shape index (κ3) is 3.18. The number of nitrogens with zero attached hydrogens (tertiary/aromatic N) is 2. The maximum atomic E-state index is 12.6. The van der Waals surface area contributed by atoms with Crippen molar-refractivity contribution in [2.45, 2.75) is 24.3 Å². The van der Waals surface area contributed by atoms with E-state index in [1.807, 2.05) is 0 Å². The highest BCUT2D eigenvalue weighted by molar-refractivity contribution is 7.89. The fourth-order valence-corrected chi connectivity index (χ4v) is 4.31. The Labute approximate surface area is 127 Å². The summed E-state index contributed by atoms with van der Waals surface area (Å²) in [6, 6.07) is 3.33. The number of aliphatic hydroxyl groups is 1. The molecular weight excluding hydrogens is 320 g/mol. The highest BCUT2D eigenvalue weighted by atomic mass is 35.5. The molecule has 116 valence electrons. The lowest BCUT2D eigenvalue weighted by Crippen LogP contribution is -2.44. The van der Waals surface area contributed by atoms with Crippen LogP contribution >= 0.6 is 11.6 Å². The van der Waals surface area contributed by atoms with E-state index in [-0.39, 0.29) is 34.6 Å². The first-order valence-electron chi connectivity index (χ1n) is 6.35. The van der Waals surface area contributed by atoms with Gasteiger partial charge in [0.2, 0.25) is 10.0 Å². The van der Waals surface area contributed by atoms with Gasteiger partial charge in [-0.05, 0) is 18.4 Å². The van der Waals surface area contributed by atoms with E-state index in [1.54, 1.807) is 6.92 Å². The molecule has 1 aromatic carbocycles. The number of hydrogen-bond acceptors (Lipinski definition) is 5. The van der Waals surface area contributed by atoms with Crippen molar-refractivity contribution in [1.29, 1.82) is 0 Å². The van der Waals surface area contributed by atoms with Gasteiger partial charge < -0.3 is 5.11 Å². The summed E-state index contributed by atoms with van der Waals surface area (Å²) in [5.74, 6) is -0.203. The molecule has 0 aliphatic carbocycles. The molecule has 1 aliphatic heterocycles. The number of benzene rings is 1. The van der Waals surface area contributed by atoms with Crippen LogP contribution in [0.25, 0.3) is 0 Å². The number of sulfonamides is 1. The Hall–Kier alpha value is -1.22. The molecule has 1 N–H and O–H groups in total. The van der Waals surface area contributed by atoms with Crippen molar-refractivity contribution in [2.75, 3.05) is 13.1 Å². The highest BCUT2D eigenvalue weighted by Crippen LogP contribution is 2.31. The Morgan fingerprint density at radius 3 is 2.71 bits per heavy atom. The van der Waals surface area contributed by atoms with Crippen LogP contribution in [0.5, 0.6) is 0 Å². The average Bonchev–Trinajstić information content (AvgIpc) is 2.41. The molecule has 7 nitrogen and oxygen atoms in total. The summed E-state index contributed by atoms with van der Waals surface area (Å²) in [6.45, 7) is 2.07. The lowest BCUT2D eigenvalue weighted by molar-refractivity contribution is -0.385. The van der Waals surface area contributed by atoms with E-state index in [2.05, 4.69) is 0 Å². The minimum Gasteiger partial charge on any atom is -0.393 e. The predicted octanol–water partition coefficient (Wildman–Crippen LogP) is 1.64. The standard InChI is InChI=1S/C12H15ClN2O5S/c1-8-7-14(5-4-11(8)16)21(19,20)12-6-9(15(17)18)2-3-10(12)13/h2-3,6,8,11,16H,4-5,7H2,1H3. The summed E-state index contributed by atoms with van der Waals surface area (Å²) in [5, 5.41) is 20.4. The summed E-state index contributed by atoms with van der Waals surface area (Å²) in [7, 11) is -3.92. The smallest absolute Gasteiger partial charge is 0.270 e.